The van der Waals surface area contributed by atoms with Gasteiger partial charge in [0.2, 0.25) is 0 Å². The number of nitrogens with one attached hydrogen (secondary N) is 1. The Balaban J connectivity index is 2.59. The number of anilines is 1. The molecule has 0 aromatic heterocycles. The molecule has 0 aliphatic carbocycles. The number of hydrogen-bond donors (Lipinski definition) is 1. The zero-order chi connectivity index (χ0) is 11.2. The first-order valence-corrected chi connectivity index (χ1v) is 3.91. The fraction of sp³-hybridized carbons (Fsp3) is 0.125. The Bertz CT molecular complexity index is 473. The number of fused-ring (bicyclic) bond motifs is 1. The largest absolute Gasteiger partial charge is 0.352 e. The van der Waals surface area contributed by atoms with E-state index in [1.54, 1.807) is 0 Å². The van der Waals surface area contributed by atoms with Gasteiger partial charge in [-0.2, -0.15) is 8.78 Å². The van der Waals surface area contributed by atoms with E-state index in [0.717, 1.165) is 12.1 Å². The summed E-state index contributed by atoms with van der Waals surface area (Å²) >= 11 is 0. The number of rotatable bonds is 1. The van der Waals surface area contributed by atoms with E-state index in [9.17, 15) is 23.7 Å². The number of nitrogens with zero attached hydrogens (tertiary/aromatic N) is 1. The van der Waals surface area contributed by atoms with E-state index in [2.05, 4.69) is 0 Å². The van der Waals surface area contributed by atoms with E-state index in [0.29, 0.717) is 6.07 Å². The van der Waals surface area contributed by atoms with Crippen molar-refractivity contribution in [3.8, 4) is 0 Å². The number of hydrogen-bond acceptors (Lipinski definition) is 3. The third-order valence-electron chi connectivity index (χ3n) is 2.09. The number of carbonyl (C=O) groups excluding carboxylic acids is 1. The van der Waals surface area contributed by atoms with E-state index in [4.69, 9.17) is 0 Å². The summed E-state index contributed by atoms with van der Waals surface area (Å²) in [6.45, 7) is 0. The number of amides is 1. The van der Waals surface area contributed by atoms with Gasteiger partial charge in [0.1, 0.15) is 0 Å². The Kier molecular flexibility index (Phi) is 1.72. The lowest BCUT2D eigenvalue weighted by Crippen LogP contribution is -2.23. The van der Waals surface area contributed by atoms with E-state index in [-0.39, 0.29) is 5.69 Å². The zero-order valence-corrected chi connectivity index (χ0v) is 7.16. The van der Waals surface area contributed by atoms with Gasteiger partial charge < -0.3 is 5.32 Å². The second kappa shape index (κ2) is 2.72. The van der Waals surface area contributed by atoms with Gasteiger partial charge in [0.05, 0.1) is 16.2 Å². The summed E-state index contributed by atoms with van der Waals surface area (Å²) in [5.41, 5.74) is -1.21. The molecule has 0 saturated carbocycles. The summed E-state index contributed by atoms with van der Waals surface area (Å²) in [4.78, 5) is 20.4. The quantitative estimate of drug-likeness (QED) is 0.570. The van der Waals surface area contributed by atoms with Gasteiger partial charge in [-0.3, -0.25) is 14.9 Å². The smallest absolute Gasteiger partial charge is 0.320 e. The van der Waals surface area contributed by atoms with Crippen molar-refractivity contribution in [1.29, 1.82) is 0 Å². The van der Waals surface area contributed by atoms with Gasteiger partial charge in [0.25, 0.3) is 11.6 Å². The fourth-order valence-corrected chi connectivity index (χ4v) is 1.34. The maximum absolute atomic E-state index is 13.1. The van der Waals surface area contributed by atoms with Crippen molar-refractivity contribution in [3.05, 3.63) is 33.9 Å². The Morgan fingerprint density at radius 2 is 2.07 bits per heavy atom. The van der Waals surface area contributed by atoms with Crippen molar-refractivity contribution in [3.63, 3.8) is 0 Å². The lowest BCUT2D eigenvalue weighted by molar-refractivity contribution is -0.385. The van der Waals surface area contributed by atoms with Crippen molar-refractivity contribution < 1.29 is 18.5 Å². The highest BCUT2D eigenvalue weighted by Crippen LogP contribution is 2.41. The van der Waals surface area contributed by atoms with Crippen LogP contribution in [0.4, 0.5) is 20.2 Å². The van der Waals surface area contributed by atoms with Gasteiger partial charge in [-0.1, -0.05) is 0 Å². The minimum absolute atomic E-state index is 0.0874. The van der Waals surface area contributed by atoms with Crippen molar-refractivity contribution in [2.75, 3.05) is 5.32 Å². The number of halogens is 2. The van der Waals surface area contributed by atoms with Crippen LogP contribution in [-0.4, -0.2) is 10.8 Å². The number of nitro groups is 1. The third kappa shape index (κ3) is 1.24. The lowest BCUT2D eigenvalue weighted by Gasteiger charge is -2.05. The standard InChI is InChI=1S/C8H4F2N2O3/c9-8(10)5-3-4(12(14)15)1-2-6(5)11-7(8)13/h1-3H,(H,11,13). The summed E-state index contributed by atoms with van der Waals surface area (Å²) in [5.74, 6) is -5.15. The van der Waals surface area contributed by atoms with Crippen LogP contribution in [0, 0.1) is 10.1 Å². The molecule has 2 rings (SSSR count). The monoisotopic (exact) mass is 214 g/mol. The molecule has 0 unspecified atom stereocenters. The molecule has 0 spiro atoms. The fourth-order valence-electron chi connectivity index (χ4n) is 1.34. The topological polar surface area (TPSA) is 72.2 Å². The van der Waals surface area contributed by atoms with Gasteiger partial charge in [0.15, 0.2) is 0 Å². The van der Waals surface area contributed by atoms with Crippen molar-refractivity contribution in [2.45, 2.75) is 5.92 Å². The molecule has 1 aromatic carbocycles. The second-order valence-electron chi connectivity index (χ2n) is 3.02. The maximum atomic E-state index is 13.1. The third-order valence-corrected chi connectivity index (χ3v) is 2.09. The van der Waals surface area contributed by atoms with Crippen LogP contribution in [0.25, 0.3) is 0 Å². The van der Waals surface area contributed by atoms with Crippen molar-refractivity contribution in [1.82, 2.24) is 0 Å². The van der Waals surface area contributed by atoms with Crippen molar-refractivity contribution >= 4 is 17.3 Å². The van der Waals surface area contributed by atoms with Gasteiger partial charge in [-0.05, 0) is 6.07 Å². The summed E-state index contributed by atoms with van der Waals surface area (Å²) in [7, 11) is 0. The number of carbonyl (C=O) groups is 1. The molecule has 0 saturated heterocycles. The van der Waals surface area contributed by atoms with E-state index in [1.165, 1.54) is 0 Å². The normalized spacial score (nSPS) is 17.1. The van der Waals surface area contributed by atoms with E-state index in [1.807, 2.05) is 5.32 Å². The summed E-state index contributed by atoms with van der Waals surface area (Å²) < 4.78 is 26.3. The predicted octanol–water partition coefficient (Wildman–Crippen LogP) is 1.64. The van der Waals surface area contributed by atoms with Gasteiger partial charge in [0, 0.05) is 12.1 Å². The molecular weight excluding hydrogens is 210 g/mol. The van der Waals surface area contributed by atoms with Gasteiger partial charge in [-0.15, -0.1) is 0 Å². The molecule has 1 aromatic rings. The highest BCUT2D eigenvalue weighted by atomic mass is 19.3. The minimum atomic E-state index is -3.69. The number of alkyl halides is 2. The van der Waals surface area contributed by atoms with Crippen LogP contribution in [0.2, 0.25) is 0 Å². The molecular formula is C8H4F2N2O3. The Hall–Kier alpha value is -2.05. The second-order valence-corrected chi connectivity index (χ2v) is 3.02. The van der Waals surface area contributed by atoms with Gasteiger partial charge in [-0.25, -0.2) is 0 Å². The molecule has 0 bridgehead atoms. The highest BCUT2D eigenvalue weighted by molar-refractivity contribution is 6.04. The summed E-state index contributed by atoms with van der Waals surface area (Å²) in [6.07, 6.45) is 0. The molecule has 1 aliphatic heterocycles. The maximum Gasteiger partial charge on any atom is 0.352 e. The van der Waals surface area contributed by atoms with Crippen LogP contribution < -0.4 is 5.32 Å². The molecule has 0 fully saturated rings. The number of non-ortho nitro benzene ring substituents is 1. The highest BCUT2D eigenvalue weighted by Gasteiger charge is 2.49. The molecule has 1 aliphatic rings. The van der Waals surface area contributed by atoms with Crippen LogP contribution in [0.1, 0.15) is 5.56 Å². The molecule has 7 heteroatoms. The first-order valence-electron chi connectivity index (χ1n) is 3.91. The molecule has 0 atom stereocenters. The molecule has 1 heterocycles. The van der Waals surface area contributed by atoms with Crippen LogP contribution in [0.15, 0.2) is 18.2 Å². The van der Waals surface area contributed by atoms with Crippen LogP contribution in [-0.2, 0) is 10.7 Å². The minimum Gasteiger partial charge on any atom is -0.320 e. The number of nitro benzene ring substituents is 1. The molecule has 1 amide bonds. The van der Waals surface area contributed by atoms with E-state index < -0.39 is 28.0 Å². The molecule has 78 valence electrons. The SMILES string of the molecule is O=C1Nc2ccc([N+](=O)[O-])cc2C1(F)F. The Morgan fingerprint density at radius 3 is 2.67 bits per heavy atom. The average molecular weight is 214 g/mol. The van der Waals surface area contributed by atoms with Crippen LogP contribution in [0.3, 0.4) is 0 Å². The lowest BCUT2D eigenvalue weighted by atomic mass is 10.1. The first kappa shape index (κ1) is 9.50. The van der Waals surface area contributed by atoms with Crippen molar-refractivity contribution in [2.24, 2.45) is 0 Å². The zero-order valence-electron chi connectivity index (χ0n) is 7.16. The molecule has 1 N–H and O–H groups in total. The molecule has 0 radical (unpaired) electrons. The first-order chi connectivity index (χ1) is 6.93. The van der Waals surface area contributed by atoms with Crippen LogP contribution >= 0.6 is 0 Å². The summed E-state index contributed by atoms with van der Waals surface area (Å²) in [5, 5.41) is 12.3. The van der Waals surface area contributed by atoms with Gasteiger partial charge >= 0.3 is 5.92 Å². The predicted molar refractivity (Wildman–Crippen MR) is 45.6 cm³/mol. The Labute approximate surface area is 81.9 Å². The molecule has 15 heavy (non-hydrogen) atoms. The molecule has 5 nitrogen and oxygen atoms in total. The average Bonchev–Trinajstić information content (AvgIpc) is 2.38. The van der Waals surface area contributed by atoms with Crippen LogP contribution in [0.5, 0.6) is 0 Å². The Morgan fingerprint density at radius 1 is 1.40 bits per heavy atom. The summed E-state index contributed by atoms with van der Waals surface area (Å²) in [6, 6.07) is 2.85. The van der Waals surface area contributed by atoms with E-state index >= 15 is 0 Å². The number of benzene rings is 1.